The predicted molar refractivity (Wildman–Crippen MR) is 150 cm³/mol. The zero-order valence-electron chi connectivity index (χ0n) is 21.0. The maximum absolute atomic E-state index is 13.6. The molecule has 0 radical (unpaired) electrons. The Morgan fingerprint density at radius 2 is 1.76 bits per heavy atom. The number of amides is 2. The third-order valence-electron chi connectivity index (χ3n) is 6.22. The molecule has 2 aromatic carbocycles. The molecule has 1 atom stereocenters. The number of rotatable bonds is 9. The summed E-state index contributed by atoms with van der Waals surface area (Å²) in [7, 11) is 0. The third-order valence-corrected chi connectivity index (χ3v) is 7.72. The van der Waals surface area contributed by atoms with Crippen LogP contribution in [-0.4, -0.2) is 47.0 Å². The lowest BCUT2D eigenvalue weighted by atomic mass is 10.1. The second-order valence-electron chi connectivity index (χ2n) is 8.83. The van der Waals surface area contributed by atoms with Crippen molar-refractivity contribution in [3.63, 3.8) is 0 Å². The number of benzene rings is 2. The summed E-state index contributed by atoms with van der Waals surface area (Å²) in [5.41, 5.74) is 3.91. The first-order valence-electron chi connectivity index (χ1n) is 12.1. The van der Waals surface area contributed by atoms with Crippen LogP contribution >= 0.6 is 23.6 Å². The van der Waals surface area contributed by atoms with E-state index in [2.05, 4.69) is 23.7 Å². The van der Waals surface area contributed by atoms with Crippen LogP contribution in [0, 0.1) is 13.8 Å². The predicted octanol–water partition coefficient (Wildman–Crippen LogP) is 5.12. The van der Waals surface area contributed by atoms with Gasteiger partial charge in [0.2, 0.25) is 5.91 Å². The largest absolute Gasteiger partial charge is 0.462 e. The highest BCUT2D eigenvalue weighted by Crippen LogP contribution is 2.29. The molecule has 2 heterocycles. The van der Waals surface area contributed by atoms with Crippen LogP contribution in [0.15, 0.2) is 60.0 Å². The minimum absolute atomic E-state index is 0.0512. The number of esters is 1. The van der Waals surface area contributed by atoms with Gasteiger partial charge in [-0.25, -0.2) is 4.79 Å². The van der Waals surface area contributed by atoms with Crippen LogP contribution < -0.4 is 10.2 Å². The van der Waals surface area contributed by atoms with Crippen LogP contribution in [0.1, 0.15) is 39.7 Å². The molecule has 4 rings (SSSR count). The number of anilines is 2. The Balaban J connectivity index is 1.51. The van der Waals surface area contributed by atoms with E-state index < -0.39 is 12.0 Å². The molecule has 1 aliphatic heterocycles. The Morgan fingerprint density at radius 1 is 1.05 bits per heavy atom. The number of aryl methyl sites for hydroxylation is 2. The lowest BCUT2D eigenvalue weighted by Crippen LogP contribution is -2.39. The number of thiocarbonyl (C=S) groups is 1. The molecule has 192 valence electrons. The Labute approximate surface area is 226 Å². The average Bonchev–Trinajstić information content (AvgIpc) is 3.38. The van der Waals surface area contributed by atoms with E-state index in [0.29, 0.717) is 28.6 Å². The SMILES string of the molecule is CCOC(=O)c1ccc(NC(=O)C[C@H]2C(=O)N(c3ccc(C)cc3)C(=S)N2CCc2sccc2C)cc1. The van der Waals surface area contributed by atoms with Gasteiger partial charge in [0.05, 0.1) is 24.3 Å². The minimum Gasteiger partial charge on any atom is -0.462 e. The first-order valence-corrected chi connectivity index (χ1v) is 13.4. The van der Waals surface area contributed by atoms with Crippen molar-refractivity contribution in [3.05, 3.63) is 81.5 Å². The van der Waals surface area contributed by atoms with Crippen LogP contribution in [0.25, 0.3) is 0 Å². The van der Waals surface area contributed by atoms with E-state index in [0.717, 1.165) is 12.0 Å². The zero-order chi connectivity index (χ0) is 26.5. The van der Waals surface area contributed by atoms with Crippen LogP contribution in [0.4, 0.5) is 11.4 Å². The summed E-state index contributed by atoms with van der Waals surface area (Å²) in [4.78, 5) is 43.1. The smallest absolute Gasteiger partial charge is 0.338 e. The highest BCUT2D eigenvalue weighted by Gasteiger charge is 2.44. The Hall–Kier alpha value is -3.56. The summed E-state index contributed by atoms with van der Waals surface area (Å²) in [6, 6.07) is 15.4. The molecular formula is C28H29N3O4S2. The van der Waals surface area contributed by atoms with E-state index in [-0.39, 0.29) is 24.8 Å². The molecule has 0 saturated carbocycles. The molecular weight excluding hydrogens is 506 g/mol. The van der Waals surface area contributed by atoms with Crippen molar-refractivity contribution < 1.29 is 19.1 Å². The van der Waals surface area contributed by atoms with Crippen molar-refractivity contribution in [2.75, 3.05) is 23.4 Å². The highest BCUT2D eigenvalue weighted by molar-refractivity contribution is 7.80. The number of thiophene rings is 1. The lowest BCUT2D eigenvalue weighted by molar-refractivity contribution is -0.124. The minimum atomic E-state index is -0.715. The van der Waals surface area contributed by atoms with Gasteiger partial charge in [-0.2, -0.15) is 0 Å². The topological polar surface area (TPSA) is 78.9 Å². The summed E-state index contributed by atoms with van der Waals surface area (Å²) in [5, 5.41) is 5.29. The first-order chi connectivity index (χ1) is 17.8. The zero-order valence-corrected chi connectivity index (χ0v) is 22.7. The molecule has 0 spiro atoms. The van der Waals surface area contributed by atoms with Crippen LogP contribution in [0.5, 0.6) is 0 Å². The second kappa shape index (κ2) is 11.7. The average molecular weight is 536 g/mol. The number of hydrogen-bond acceptors (Lipinski definition) is 6. The fourth-order valence-electron chi connectivity index (χ4n) is 4.19. The number of carbonyl (C=O) groups excluding carboxylic acids is 3. The summed E-state index contributed by atoms with van der Waals surface area (Å²) in [5.74, 6) is -0.948. The third kappa shape index (κ3) is 6.06. The number of nitrogens with zero attached hydrogens (tertiary/aromatic N) is 2. The van der Waals surface area contributed by atoms with Gasteiger partial charge < -0.3 is 15.0 Å². The van der Waals surface area contributed by atoms with Crippen LogP contribution in [0.3, 0.4) is 0 Å². The van der Waals surface area contributed by atoms with Gasteiger partial charge in [-0.1, -0.05) is 17.7 Å². The molecule has 2 amide bonds. The summed E-state index contributed by atoms with van der Waals surface area (Å²) in [6.07, 6.45) is 0.677. The summed E-state index contributed by atoms with van der Waals surface area (Å²) < 4.78 is 5.00. The first kappa shape index (κ1) is 26.5. The van der Waals surface area contributed by atoms with Crippen molar-refractivity contribution >= 4 is 57.8 Å². The molecule has 37 heavy (non-hydrogen) atoms. The van der Waals surface area contributed by atoms with E-state index in [1.54, 1.807) is 42.5 Å². The fraction of sp³-hybridized carbons (Fsp3) is 0.286. The molecule has 3 aromatic rings. The van der Waals surface area contributed by atoms with Gasteiger partial charge in [0.25, 0.3) is 5.91 Å². The van der Waals surface area contributed by atoms with Gasteiger partial charge in [-0.05, 0) is 92.8 Å². The monoisotopic (exact) mass is 535 g/mol. The summed E-state index contributed by atoms with van der Waals surface area (Å²) in [6.45, 7) is 6.61. The van der Waals surface area contributed by atoms with Gasteiger partial charge in [0.1, 0.15) is 6.04 Å². The maximum atomic E-state index is 13.6. The van der Waals surface area contributed by atoms with Crippen molar-refractivity contribution in [1.29, 1.82) is 0 Å². The van der Waals surface area contributed by atoms with E-state index in [9.17, 15) is 14.4 Å². The van der Waals surface area contributed by atoms with E-state index >= 15 is 0 Å². The van der Waals surface area contributed by atoms with Gasteiger partial charge in [0, 0.05) is 17.1 Å². The van der Waals surface area contributed by atoms with E-state index in [4.69, 9.17) is 17.0 Å². The molecule has 1 aliphatic rings. The van der Waals surface area contributed by atoms with Gasteiger partial charge in [0.15, 0.2) is 5.11 Å². The second-order valence-corrected chi connectivity index (χ2v) is 10.2. The normalized spacial score (nSPS) is 15.3. The van der Waals surface area contributed by atoms with Gasteiger partial charge in [-0.15, -0.1) is 11.3 Å². The van der Waals surface area contributed by atoms with Gasteiger partial charge in [-0.3, -0.25) is 14.5 Å². The van der Waals surface area contributed by atoms with E-state index in [1.807, 2.05) is 36.1 Å². The van der Waals surface area contributed by atoms with Crippen LogP contribution in [0.2, 0.25) is 0 Å². The molecule has 1 aromatic heterocycles. The number of carbonyl (C=O) groups is 3. The molecule has 0 aliphatic carbocycles. The number of nitrogens with one attached hydrogen (secondary N) is 1. The summed E-state index contributed by atoms with van der Waals surface area (Å²) >= 11 is 7.44. The van der Waals surface area contributed by atoms with Gasteiger partial charge >= 0.3 is 5.97 Å². The Morgan fingerprint density at radius 3 is 2.38 bits per heavy atom. The fourth-order valence-corrected chi connectivity index (χ4v) is 5.51. The molecule has 1 fully saturated rings. The molecule has 0 bridgehead atoms. The van der Waals surface area contributed by atoms with Crippen LogP contribution in [-0.2, 0) is 20.7 Å². The molecule has 7 nitrogen and oxygen atoms in total. The van der Waals surface area contributed by atoms with E-state index in [1.165, 1.54) is 15.3 Å². The molecule has 1 N–H and O–H groups in total. The van der Waals surface area contributed by atoms with Crippen molar-refractivity contribution in [3.8, 4) is 0 Å². The maximum Gasteiger partial charge on any atom is 0.338 e. The quantitative estimate of drug-likeness (QED) is 0.303. The Bertz CT molecular complexity index is 1300. The van der Waals surface area contributed by atoms with Crippen molar-refractivity contribution in [2.24, 2.45) is 0 Å². The Kier molecular flexibility index (Phi) is 8.35. The van der Waals surface area contributed by atoms with Crippen molar-refractivity contribution in [1.82, 2.24) is 4.90 Å². The molecule has 1 saturated heterocycles. The number of ether oxygens (including phenoxy) is 1. The standard InChI is InChI=1S/C28H29N3O4S2/c1-4-35-27(34)20-7-9-21(10-8-20)29-25(32)17-23-26(33)31(22-11-5-18(2)6-12-22)28(36)30(23)15-13-24-19(3)14-16-37-24/h5-12,14,16,23H,4,13,15,17H2,1-3H3,(H,29,32)/t23-/m0/s1. The highest BCUT2D eigenvalue weighted by atomic mass is 32.1. The number of hydrogen-bond donors (Lipinski definition) is 1. The molecule has 9 heteroatoms. The lowest BCUT2D eigenvalue weighted by Gasteiger charge is -2.24. The van der Waals surface area contributed by atoms with Crippen molar-refractivity contribution in [2.45, 2.75) is 39.7 Å². The molecule has 0 unspecified atom stereocenters.